The fourth-order valence-corrected chi connectivity index (χ4v) is 3.08. The first-order chi connectivity index (χ1) is 10.9. The van der Waals surface area contributed by atoms with E-state index < -0.39 is 21.9 Å². The predicted molar refractivity (Wildman–Crippen MR) is 84.5 cm³/mol. The van der Waals surface area contributed by atoms with Gasteiger partial charge in [-0.15, -0.1) is 16.2 Å². The van der Waals surface area contributed by atoms with Crippen molar-refractivity contribution in [3.63, 3.8) is 0 Å². The van der Waals surface area contributed by atoms with Crippen LogP contribution in [-0.4, -0.2) is 26.9 Å². The Morgan fingerprint density at radius 1 is 1.17 bits per heavy atom. The molecule has 0 bridgehead atoms. The third kappa shape index (κ3) is 4.38. The van der Waals surface area contributed by atoms with Gasteiger partial charge in [0.2, 0.25) is 0 Å². The number of esters is 1. The van der Waals surface area contributed by atoms with Crippen LogP contribution in [0.2, 0.25) is 0 Å². The Morgan fingerprint density at radius 3 is 2.43 bits per heavy atom. The summed E-state index contributed by atoms with van der Waals surface area (Å²) < 4.78 is 29.0. The van der Waals surface area contributed by atoms with Crippen molar-refractivity contribution < 1.29 is 22.7 Å². The summed E-state index contributed by atoms with van der Waals surface area (Å²) in [5.41, 5.74) is 2.37. The first kappa shape index (κ1) is 17.1. The fourth-order valence-electron chi connectivity index (χ4n) is 1.63. The molecule has 7 nitrogen and oxygen atoms in total. The van der Waals surface area contributed by atoms with Crippen LogP contribution in [0.15, 0.2) is 46.7 Å². The fraction of sp³-hybridized carbons (Fsp3) is 0.143. The zero-order valence-electron chi connectivity index (χ0n) is 12.1. The van der Waals surface area contributed by atoms with Gasteiger partial charge in [-0.05, 0) is 42.6 Å². The van der Waals surface area contributed by atoms with Gasteiger partial charge in [-0.25, -0.2) is 13.2 Å². The summed E-state index contributed by atoms with van der Waals surface area (Å²) in [5, 5.41) is 1.71. The average molecular weight is 354 g/mol. The Balaban J connectivity index is 2.04. The lowest BCUT2D eigenvalue weighted by molar-refractivity contribution is 0.0526. The maximum absolute atomic E-state index is 12.1. The largest absolute Gasteiger partial charge is 0.462 e. The minimum atomic E-state index is -3.93. The summed E-state index contributed by atoms with van der Waals surface area (Å²) >= 11 is 1.19. The topological polar surface area (TPSA) is 102 Å². The number of thiophene rings is 1. The van der Waals surface area contributed by atoms with E-state index in [1.54, 1.807) is 24.4 Å². The molecule has 2 rings (SSSR count). The number of hydrazine groups is 1. The van der Waals surface area contributed by atoms with Crippen LogP contribution in [0.3, 0.4) is 0 Å². The number of benzene rings is 1. The van der Waals surface area contributed by atoms with E-state index in [1.165, 1.54) is 35.6 Å². The van der Waals surface area contributed by atoms with Crippen molar-refractivity contribution in [2.45, 2.75) is 11.8 Å². The molecule has 0 radical (unpaired) electrons. The molecular formula is C14H14N2O5S2. The zero-order chi connectivity index (χ0) is 16.9. The third-order valence-electron chi connectivity index (χ3n) is 2.72. The van der Waals surface area contributed by atoms with Crippen LogP contribution in [0, 0.1) is 0 Å². The van der Waals surface area contributed by atoms with Crippen molar-refractivity contribution in [2.24, 2.45) is 0 Å². The van der Waals surface area contributed by atoms with Gasteiger partial charge in [-0.3, -0.25) is 10.2 Å². The van der Waals surface area contributed by atoms with Gasteiger partial charge in [-0.1, -0.05) is 6.07 Å². The normalized spacial score (nSPS) is 11.0. The second-order valence-corrected chi connectivity index (χ2v) is 6.91. The lowest BCUT2D eigenvalue weighted by Crippen LogP contribution is -2.41. The molecule has 2 aromatic rings. The summed E-state index contributed by atoms with van der Waals surface area (Å²) in [7, 11) is -3.93. The molecule has 2 N–H and O–H groups in total. The van der Waals surface area contributed by atoms with Gasteiger partial charge in [0.15, 0.2) is 0 Å². The molecular weight excluding hydrogens is 340 g/mol. The van der Waals surface area contributed by atoms with E-state index in [0.717, 1.165) is 0 Å². The Bertz CT molecular complexity index is 783. The molecule has 0 spiro atoms. The van der Waals surface area contributed by atoms with E-state index in [4.69, 9.17) is 4.74 Å². The lowest BCUT2D eigenvalue weighted by atomic mass is 10.2. The highest BCUT2D eigenvalue weighted by molar-refractivity contribution is 7.89. The number of hydrogen-bond donors (Lipinski definition) is 2. The molecule has 9 heteroatoms. The zero-order valence-corrected chi connectivity index (χ0v) is 13.7. The van der Waals surface area contributed by atoms with Crippen LogP contribution >= 0.6 is 11.3 Å². The van der Waals surface area contributed by atoms with Crippen molar-refractivity contribution in [1.82, 2.24) is 10.3 Å². The summed E-state index contributed by atoms with van der Waals surface area (Å²) in [6, 6.07) is 8.45. The molecule has 1 aromatic heterocycles. The third-order valence-corrected chi connectivity index (χ3v) is 4.85. The van der Waals surface area contributed by atoms with Gasteiger partial charge in [0.05, 0.1) is 21.9 Å². The Kier molecular flexibility index (Phi) is 5.48. The molecule has 1 aromatic carbocycles. The van der Waals surface area contributed by atoms with Crippen molar-refractivity contribution >= 4 is 33.2 Å². The van der Waals surface area contributed by atoms with E-state index >= 15 is 0 Å². The quantitative estimate of drug-likeness (QED) is 0.605. The van der Waals surface area contributed by atoms with Crippen LogP contribution in [0.4, 0.5) is 0 Å². The Hall–Kier alpha value is -2.23. The minimum Gasteiger partial charge on any atom is -0.462 e. The standard InChI is InChI=1S/C14H14N2O5S2/c1-2-21-14(18)10-5-7-11(8-6-10)23(19,20)16-15-13(17)12-4-3-9-22-12/h3-9,16H,2H2,1H3,(H,15,17). The first-order valence-corrected chi connectivity index (χ1v) is 8.93. The molecule has 0 fully saturated rings. The predicted octanol–water partition coefficient (Wildman–Crippen LogP) is 1.55. The molecule has 122 valence electrons. The van der Waals surface area contributed by atoms with E-state index in [1.807, 2.05) is 4.83 Å². The number of carbonyl (C=O) groups excluding carboxylic acids is 2. The summed E-state index contributed by atoms with van der Waals surface area (Å²) in [6.07, 6.45) is 0. The maximum atomic E-state index is 12.1. The molecule has 0 atom stereocenters. The molecule has 1 amide bonds. The number of amides is 1. The van der Waals surface area contributed by atoms with Crippen molar-refractivity contribution in [3.05, 3.63) is 52.2 Å². The molecule has 1 heterocycles. The van der Waals surface area contributed by atoms with E-state index in [0.29, 0.717) is 4.88 Å². The number of nitrogens with one attached hydrogen (secondary N) is 2. The number of ether oxygens (including phenoxy) is 1. The van der Waals surface area contributed by atoms with Crippen LogP contribution in [0.25, 0.3) is 0 Å². The summed E-state index contributed by atoms with van der Waals surface area (Å²) in [4.78, 5) is 25.5. The molecule has 0 aliphatic carbocycles. The molecule has 0 unspecified atom stereocenters. The lowest BCUT2D eigenvalue weighted by Gasteiger charge is -2.08. The van der Waals surface area contributed by atoms with Crippen LogP contribution in [0.1, 0.15) is 27.0 Å². The number of rotatable bonds is 6. The van der Waals surface area contributed by atoms with E-state index in [9.17, 15) is 18.0 Å². The van der Waals surface area contributed by atoms with Gasteiger partial charge in [0, 0.05) is 0 Å². The minimum absolute atomic E-state index is 0.0861. The van der Waals surface area contributed by atoms with Gasteiger partial charge >= 0.3 is 5.97 Å². The average Bonchev–Trinajstić information content (AvgIpc) is 3.07. The van der Waals surface area contributed by atoms with Crippen LogP contribution < -0.4 is 10.3 Å². The second kappa shape index (κ2) is 7.36. The van der Waals surface area contributed by atoms with Crippen molar-refractivity contribution in [1.29, 1.82) is 0 Å². The van der Waals surface area contributed by atoms with E-state index in [2.05, 4.69) is 5.43 Å². The SMILES string of the molecule is CCOC(=O)c1ccc(S(=O)(=O)NNC(=O)c2cccs2)cc1. The molecule has 0 aliphatic rings. The highest BCUT2D eigenvalue weighted by Gasteiger charge is 2.17. The van der Waals surface area contributed by atoms with Gasteiger partial charge < -0.3 is 4.74 Å². The number of carbonyl (C=O) groups is 2. The van der Waals surface area contributed by atoms with Gasteiger partial charge in [0.1, 0.15) is 0 Å². The summed E-state index contributed by atoms with van der Waals surface area (Å²) in [5.74, 6) is -1.08. The monoisotopic (exact) mass is 354 g/mol. The van der Waals surface area contributed by atoms with Crippen molar-refractivity contribution in [2.75, 3.05) is 6.61 Å². The van der Waals surface area contributed by atoms with Gasteiger partial charge in [0.25, 0.3) is 15.9 Å². The molecule has 23 heavy (non-hydrogen) atoms. The van der Waals surface area contributed by atoms with Gasteiger partial charge in [-0.2, -0.15) is 0 Å². The second-order valence-electron chi connectivity index (χ2n) is 4.28. The Morgan fingerprint density at radius 2 is 1.87 bits per heavy atom. The Labute approximate surface area is 137 Å². The van der Waals surface area contributed by atoms with Crippen molar-refractivity contribution in [3.8, 4) is 0 Å². The van der Waals surface area contributed by atoms with Crippen LogP contribution in [0.5, 0.6) is 0 Å². The van der Waals surface area contributed by atoms with E-state index in [-0.39, 0.29) is 17.1 Å². The number of hydrogen-bond acceptors (Lipinski definition) is 6. The number of sulfonamides is 1. The highest BCUT2D eigenvalue weighted by atomic mass is 32.2. The molecule has 0 saturated heterocycles. The molecule has 0 saturated carbocycles. The first-order valence-electron chi connectivity index (χ1n) is 6.57. The maximum Gasteiger partial charge on any atom is 0.338 e. The van der Waals surface area contributed by atoms with Crippen LogP contribution in [-0.2, 0) is 14.8 Å². The smallest absolute Gasteiger partial charge is 0.338 e. The molecule has 0 aliphatic heterocycles. The highest BCUT2D eigenvalue weighted by Crippen LogP contribution is 2.12. The summed E-state index contributed by atoms with van der Waals surface area (Å²) in [6.45, 7) is 1.91.